The Hall–Kier alpha value is -1.26. The summed E-state index contributed by atoms with van der Waals surface area (Å²) in [5.41, 5.74) is 0. The molecule has 5 nitrogen and oxygen atoms in total. The Morgan fingerprint density at radius 2 is 1.84 bits per heavy atom. The summed E-state index contributed by atoms with van der Waals surface area (Å²) in [5, 5.41) is 14.2. The Morgan fingerprint density at radius 1 is 1.21 bits per heavy atom. The van der Waals surface area contributed by atoms with Crippen LogP contribution in [0.2, 0.25) is 0 Å². The van der Waals surface area contributed by atoms with Crippen molar-refractivity contribution in [2.24, 2.45) is 11.8 Å². The van der Waals surface area contributed by atoms with Gasteiger partial charge in [0.05, 0.1) is 5.92 Å². The van der Waals surface area contributed by atoms with Crippen molar-refractivity contribution in [3.63, 3.8) is 0 Å². The smallest absolute Gasteiger partial charge is 0.314 e. The molecule has 1 fully saturated rings. The molecule has 0 aromatic carbocycles. The van der Waals surface area contributed by atoms with E-state index in [0.29, 0.717) is 19.5 Å². The average Bonchev–Trinajstić information content (AvgIpc) is 2.87. The molecule has 0 bridgehead atoms. The molecule has 0 heterocycles. The molecular formula is C14H26N2O3. The normalized spacial score (nSPS) is 17.1. The summed E-state index contributed by atoms with van der Waals surface area (Å²) in [6.45, 7) is 2.75. The second-order valence-electron chi connectivity index (χ2n) is 5.50. The first-order valence-corrected chi connectivity index (χ1v) is 7.34. The summed E-state index contributed by atoms with van der Waals surface area (Å²) in [6.07, 6.45) is 8.12. The van der Waals surface area contributed by atoms with Crippen molar-refractivity contribution < 1.29 is 14.7 Å². The molecule has 1 aliphatic carbocycles. The Balaban J connectivity index is 1.94. The highest BCUT2D eigenvalue weighted by Crippen LogP contribution is 2.28. The van der Waals surface area contributed by atoms with Crippen molar-refractivity contribution in [2.45, 2.75) is 51.9 Å². The van der Waals surface area contributed by atoms with Gasteiger partial charge in [-0.15, -0.1) is 0 Å². The molecule has 5 heteroatoms. The highest BCUT2D eigenvalue weighted by Gasteiger charge is 2.14. The number of rotatable bonds is 8. The molecule has 1 aliphatic rings. The zero-order valence-electron chi connectivity index (χ0n) is 11.8. The maximum atomic E-state index is 11.4. The van der Waals surface area contributed by atoms with Crippen molar-refractivity contribution in [1.29, 1.82) is 0 Å². The van der Waals surface area contributed by atoms with Crippen molar-refractivity contribution in [1.82, 2.24) is 10.6 Å². The molecule has 0 saturated heterocycles. The monoisotopic (exact) mass is 270 g/mol. The fourth-order valence-corrected chi connectivity index (χ4v) is 2.48. The molecule has 110 valence electrons. The first-order valence-electron chi connectivity index (χ1n) is 7.34. The first kappa shape index (κ1) is 15.8. The Bertz CT molecular complexity index is 288. The molecule has 1 rings (SSSR count). The standard InChI is InChI=1S/C14H26N2O3/c1-11(13(17)18)8-10-16-14(19)15-9-4-7-12-5-2-3-6-12/h11-12H,2-10H2,1H3,(H,17,18)(H2,15,16,19). The third-order valence-electron chi connectivity index (χ3n) is 3.83. The lowest BCUT2D eigenvalue weighted by molar-refractivity contribution is -0.141. The molecular weight excluding hydrogens is 244 g/mol. The second-order valence-corrected chi connectivity index (χ2v) is 5.50. The van der Waals surface area contributed by atoms with E-state index in [0.717, 1.165) is 12.3 Å². The largest absolute Gasteiger partial charge is 0.481 e. The van der Waals surface area contributed by atoms with E-state index in [9.17, 15) is 9.59 Å². The molecule has 1 saturated carbocycles. The maximum absolute atomic E-state index is 11.4. The van der Waals surface area contributed by atoms with Gasteiger partial charge in [-0.2, -0.15) is 0 Å². The molecule has 1 atom stereocenters. The minimum Gasteiger partial charge on any atom is -0.481 e. The van der Waals surface area contributed by atoms with E-state index in [1.54, 1.807) is 6.92 Å². The van der Waals surface area contributed by atoms with E-state index >= 15 is 0 Å². The van der Waals surface area contributed by atoms with Gasteiger partial charge in [0.15, 0.2) is 0 Å². The maximum Gasteiger partial charge on any atom is 0.314 e. The molecule has 2 amide bonds. The van der Waals surface area contributed by atoms with Crippen LogP contribution in [0.5, 0.6) is 0 Å². The number of aliphatic carboxylic acids is 1. The van der Waals surface area contributed by atoms with E-state index in [4.69, 9.17) is 5.11 Å². The van der Waals surface area contributed by atoms with Crippen LogP contribution >= 0.6 is 0 Å². The van der Waals surface area contributed by atoms with Gasteiger partial charge in [-0.3, -0.25) is 4.79 Å². The highest BCUT2D eigenvalue weighted by atomic mass is 16.4. The molecule has 3 N–H and O–H groups in total. The fraction of sp³-hybridized carbons (Fsp3) is 0.857. The number of nitrogens with one attached hydrogen (secondary N) is 2. The average molecular weight is 270 g/mol. The lowest BCUT2D eigenvalue weighted by atomic mass is 10.0. The van der Waals surface area contributed by atoms with Gasteiger partial charge in [0.25, 0.3) is 0 Å². The van der Waals surface area contributed by atoms with Gasteiger partial charge in [-0.1, -0.05) is 32.6 Å². The molecule has 0 aromatic heterocycles. The van der Waals surface area contributed by atoms with Gasteiger partial charge in [-0.05, 0) is 25.2 Å². The number of hydrogen-bond acceptors (Lipinski definition) is 2. The molecule has 0 radical (unpaired) electrons. The predicted molar refractivity (Wildman–Crippen MR) is 74.0 cm³/mol. The van der Waals surface area contributed by atoms with E-state index in [2.05, 4.69) is 10.6 Å². The summed E-state index contributed by atoms with van der Waals surface area (Å²) < 4.78 is 0. The van der Waals surface area contributed by atoms with Crippen LogP contribution in [0.4, 0.5) is 4.79 Å². The zero-order chi connectivity index (χ0) is 14.1. The quantitative estimate of drug-likeness (QED) is 0.592. The van der Waals surface area contributed by atoms with Crippen LogP contribution in [0.15, 0.2) is 0 Å². The molecule has 1 unspecified atom stereocenters. The molecule has 0 aliphatic heterocycles. The van der Waals surface area contributed by atoms with Crippen LogP contribution in [-0.2, 0) is 4.79 Å². The van der Waals surface area contributed by atoms with Gasteiger partial charge < -0.3 is 15.7 Å². The molecule has 19 heavy (non-hydrogen) atoms. The summed E-state index contributed by atoms with van der Waals surface area (Å²) in [5.74, 6) is -0.372. The van der Waals surface area contributed by atoms with Gasteiger partial charge in [0.1, 0.15) is 0 Å². The van der Waals surface area contributed by atoms with E-state index < -0.39 is 11.9 Å². The van der Waals surface area contributed by atoms with Gasteiger partial charge in [0.2, 0.25) is 0 Å². The Morgan fingerprint density at radius 3 is 2.47 bits per heavy atom. The van der Waals surface area contributed by atoms with Crippen LogP contribution in [0, 0.1) is 11.8 Å². The molecule has 0 spiro atoms. The van der Waals surface area contributed by atoms with Gasteiger partial charge >= 0.3 is 12.0 Å². The number of carbonyl (C=O) groups is 2. The number of urea groups is 1. The van der Waals surface area contributed by atoms with Crippen LogP contribution in [0.3, 0.4) is 0 Å². The third kappa shape index (κ3) is 7.03. The minimum atomic E-state index is -0.821. The van der Waals surface area contributed by atoms with Crippen molar-refractivity contribution in [2.75, 3.05) is 13.1 Å². The van der Waals surface area contributed by atoms with E-state index in [1.807, 2.05) is 0 Å². The topological polar surface area (TPSA) is 78.4 Å². The van der Waals surface area contributed by atoms with E-state index in [1.165, 1.54) is 32.1 Å². The summed E-state index contributed by atoms with van der Waals surface area (Å²) in [4.78, 5) is 22.0. The fourth-order valence-electron chi connectivity index (χ4n) is 2.48. The van der Waals surface area contributed by atoms with Gasteiger partial charge in [-0.25, -0.2) is 4.79 Å². The number of hydrogen-bond donors (Lipinski definition) is 3. The lowest BCUT2D eigenvalue weighted by Gasteiger charge is -2.11. The van der Waals surface area contributed by atoms with Crippen molar-refractivity contribution in [3.05, 3.63) is 0 Å². The van der Waals surface area contributed by atoms with Crippen LogP contribution in [-0.4, -0.2) is 30.2 Å². The summed E-state index contributed by atoms with van der Waals surface area (Å²) >= 11 is 0. The number of amides is 2. The lowest BCUT2D eigenvalue weighted by Crippen LogP contribution is -2.37. The first-order chi connectivity index (χ1) is 9.09. The highest BCUT2D eigenvalue weighted by molar-refractivity contribution is 5.74. The van der Waals surface area contributed by atoms with Gasteiger partial charge in [0, 0.05) is 13.1 Å². The van der Waals surface area contributed by atoms with Crippen molar-refractivity contribution >= 4 is 12.0 Å². The van der Waals surface area contributed by atoms with Crippen LogP contribution < -0.4 is 10.6 Å². The zero-order valence-corrected chi connectivity index (χ0v) is 11.8. The summed E-state index contributed by atoms with van der Waals surface area (Å²) in [7, 11) is 0. The Labute approximate surface area is 115 Å². The number of carboxylic acid groups (broad SMARTS) is 1. The van der Waals surface area contributed by atoms with Crippen molar-refractivity contribution in [3.8, 4) is 0 Å². The van der Waals surface area contributed by atoms with Crippen LogP contribution in [0.25, 0.3) is 0 Å². The SMILES string of the molecule is CC(CCNC(=O)NCCCC1CCCC1)C(=O)O. The number of carboxylic acids is 1. The third-order valence-corrected chi connectivity index (χ3v) is 3.83. The van der Waals surface area contributed by atoms with E-state index in [-0.39, 0.29) is 6.03 Å². The predicted octanol–water partition coefficient (Wildman–Crippen LogP) is 2.37. The molecule has 0 aromatic rings. The second kappa shape index (κ2) is 8.77. The Kier molecular flexibility index (Phi) is 7.30. The minimum absolute atomic E-state index is 0.191. The number of carbonyl (C=O) groups excluding carboxylic acids is 1. The van der Waals surface area contributed by atoms with Crippen LogP contribution in [0.1, 0.15) is 51.9 Å². The summed E-state index contributed by atoms with van der Waals surface area (Å²) in [6, 6.07) is -0.191.